The third kappa shape index (κ3) is 5.31. The molecule has 0 spiro atoms. The Morgan fingerprint density at radius 2 is 1.70 bits per heavy atom. The van der Waals surface area contributed by atoms with Gasteiger partial charge in [0.15, 0.2) is 35.3 Å². The molecule has 0 radical (unpaired) electrons. The maximum Gasteiger partial charge on any atom is 0.303 e. The second-order valence-corrected chi connectivity index (χ2v) is 10.8. The SMILES string of the molecule is CC(=O)O[C@@H]1[C@H](OC(C)=O)[C@H](Nc2ncnc3c2ncn3[C@H]2C[C@H](O)[C@@H](CO)O2)c2c(ccc3ccccc23)[C@H]1OC(C)=O. The van der Waals surface area contributed by atoms with Crippen LogP contribution in [0.4, 0.5) is 5.82 Å². The number of ether oxygens (including phenoxy) is 4. The number of aliphatic hydroxyl groups is 2. The first-order chi connectivity index (χ1) is 21.2. The molecule has 7 atom stereocenters. The molecule has 1 aliphatic carbocycles. The minimum Gasteiger partial charge on any atom is -0.456 e. The lowest BCUT2D eigenvalue weighted by molar-refractivity contribution is -0.187. The molecule has 1 saturated heterocycles. The van der Waals surface area contributed by atoms with E-state index in [2.05, 4.69) is 20.3 Å². The molecule has 230 valence electrons. The summed E-state index contributed by atoms with van der Waals surface area (Å²) in [4.78, 5) is 50.5. The number of hydrogen-bond donors (Lipinski definition) is 3. The predicted octanol–water partition coefficient (Wildman–Crippen LogP) is 2.25. The van der Waals surface area contributed by atoms with Gasteiger partial charge in [0.2, 0.25) is 0 Å². The molecule has 0 amide bonds. The van der Waals surface area contributed by atoms with Crippen LogP contribution in [0.15, 0.2) is 49.1 Å². The highest BCUT2D eigenvalue weighted by atomic mass is 16.6. The second-order valence-electron chi connectivity index (χ2n) is 10.8. The number of nitrogens with one attached hydrogen (secondary N) is 1. The molecule has 3 N–H and O–H groups in total. The summed E-state index contributed by atoms with van der Waals surface area (Å²) in [6.07, 6.45) is -2.60. The largest absolute Gasteiger partial charge is 0.456 e. The highest BCUT2D eigenvalue weighted by Crippen LogP contribution is 2.46. The maximum atomic E-state index is 12.5. The van der Waals surface area contributed by atoms with E-state index in [0.717, 1.165) is 10.8 Å². The van der Waals surface area contributed by atoms with E-state index in [-0.39, 0.29) is 18.8 Å². The van der Waals surface area contributed by atoms with Gasteiger partial charge in [-0.15, -0.1) is 0 Å². The van der Waals surface area contributed by atoms with Gasteiger partial charge in [-0.3, -0.25) is 19.0 Å². The lowest BCUT2D eigenvalue weighted by Crippen LogP contribution is -2.49. The lowest BCUT2D eigenvalue weighted by Gasteiger charge is -2.42. The number of esters is 3. The first-order valence-electron chi connectivity index (χ1n) is 14.1. The summed E-state index contributed by atoms with van der Waals surface area (Å²) in [5.41, 5.74) is 1.96. The molecule has 44 heavy (non-hydrogen) atoms. The van der Waals surface area contributed by atoms with Gasteiger partial charge < -0.3 is 34.5 Å². The highest BCUT2D eigenvalue weighted by molar-refractivity contribution is 5.89. The molecular weight excluding hydrogens is 574 g/mol. The van der Waals surface area contributed by atoms with Crippen LogP contribution in [0.2, 0.25) is 0 Å². The minimum atomic E-state index is -1.20. The van der Waals surface area contributed by atoms with Gasteiger partial charge in [0.25, 0.3) is 0 Å². The molecule has 2 aromatic carbocycles. The van der Waals surface area contributed by atoms with E-state index in [1.807, 2.05) is 30.3 Å². The van der Waals surface area contributed by atoms with Crippen molar-refractivity contribution in [2.45, 2.75) is 70.0 Å². The smallest absolute Gasteiger partial charge is 0.303 e. The van der Waals surface area contributed by atoms with Crippen molar-refractivity contribution in [3.05, 3.63) is 60.2 Å². The summed E-state index contributed by atoms with van der Waals surface area (Å²) in [5.74, 6) is -1.63. The number of aliphatic hydroxyl groups excluding tert-OH is 2. The van der Waals surface area contributed by atoms with Crippen LogP contribution >= 0.6 is 0 Å². The lowest BCUT2D eigenvalue weighted by atomic mass is 9.78. The van der Waals surface area contributed by atoms with Crippen LogP contribution in [0.1, 0.15) is 56.7 Å². The molecule has 1 aliphatic heterocycles. The fraction of sp³-hybridized carbons (Fsp3) is 0.400. The normalized spacial score (nSPS) is 26.2. The molecule has 14 nitrogen and oxygen atoms in total. The van der Waals surface area contributed by atoms with Crippen LogP contribution < -0.4 is 5.32 Å². The molecule has 0 unspecified atom stereocenters. The Bertz CT molecular complexity index is 1740. The Morgan fingerprint density at radius 1 is 0.977 bits per heavy atom. The number of carbonyl (C=O) groups excluding carboxylic acids is 3. The van der Waals surface area contributed by atoms with Crippen molar-refractivity contribution < 1.29 is 43.5 Å². The molecular formula is C30H31N5O9. The Morgan fingerprint density at radius 3 is 2.41 bits per heavy atom. The Balaban J connectivity index is 1.51. The van der Waals surface area contributed by atoms with Crippen molar-refractivity contribution in [2.24, 2.45) is 0 Å². The minimum absolute atomic E-state index is 0.224. The van der Waals surface area contributed by atoms with E-state index in [0.29, 0.717) is 22.3 Å². The van der Waals surface area contributed by atoms with E-state index in [1.165, 1.54) is 33.4 Å². The Kier molecular flexibility index (Phi) is 7.88. The van der Waals surface area contributed by atoms with Crippen molar-refractivity contribution in [2.75, 3.05) is 11.9 Å². The van der Waals surface area contributed by atoms with Crippen molar-refractivity contribution in [3.63, 3.8) is 0 Å². The average Bonchev–Trinajstić information content (AvgIpc) is 3.59. The van der Waals surface area contributed by atoms with Gasteiger partial charge in [-0.1, -0.05) is 36.4 Å². The molecule has 6 rings (SSSR count). The van der Waals surface area contributed by atoms with Gasteiger partial charge >= 0.3 is 17.9 Å². The summed E-state index contributed by atoms with van der Waals surface area (Å²) in [7, 11) is 0. The summed E-state index contributed by atoms with van der Waals surface area (Å²) in [5, 5.41) is 24.8. The van der Waals surface area contributed by atoms with Crippen molar-refractivity contribution in [1.29, 1.82) is 0 Å². The number of carbonyl (C=O) groups is 3. The Labute approximate surface area is 250 Å². The van der Waals surface area contributed by atoms with Crippen LogP contribution in [0, 0.1) is 0 Å². The van der Waals surface area contributed by atoms with E-state index >= 15 is 0 Å². The first kappa shape index (κ1) is 29.4. The zero-order valence-corrected chi connectivity index (χ0v) is 24.1. The molecule has 14 heteroatoms. The number of benzene rings is 2. The molecule has 0 saturated carbocycles. The van der Waals surface area contributed by atoms with E-state index in [9.17, 15) is 24.6 Å². The van der Waals surface area contributed by atoms with E-state index in [4.69, 9.17) is 18.9 Å². The molecule has 2 aromatic heterocycles. The van der Waals surface area contributed by atoms with Crippen molar-refractivity contribution in [3.8, 4) is 0 Å². The van der Waals surface area contributed by atoms with Crippen LogP contribution in [-0.2, 0) is 33.3 Å². The number of fused-ring (bicyclic) bond motifs is 4. The zero-order valence-electron chi connectivity index (χ0n) is 24.1. The van der Waals surface area contributed by atoms with Gasteiger partial charge in [0, 0.05) is 32.8 Å². The summed E-state index contributed by atoms with van der Waals surface area (Å²) in [6, 6.07) is 10.4. The van der Waals surface area contributed by atoms with Gasteiger partial charge in [0.1, 0.15) is 18.7 Å². The molecule has 2 aliphatic rings. The van der Waals surface area contributed by atoms with Gasteiger partial charge in [-0.25, -0.2) is 15.0 Å². The number of rotatable bonds is 7. The zero-order chi connectivity index (χ0) is 31.1. The molecule has 4 aromatic rings. The summed E-state index contributed by atoms with van der Waals surface area (Å²) < 4.78 is 24.7. The number of imidazole rings is 1. The topological polar surface area (TPSA) is 184 Å². The van der Waals surface area contributed by atoms with E-state index in [1.54, 1.807) is 10.6 Å². The standard InChI is InChI=1S/C30H31N5O9/c1-14(37)41-26-19-9-8-17-6-4-5-7-18(17)23(19)24(27(42-15(2)38)28(26)43-16(3)39)34-29-25-30(32-12-31-29)35(13-33-25)22-10-20(40)21(11-36)44-22/h4-9,12-13,20-22,24,26-28,36,40H,10-11H2,1-3H3,(H,31,32,34)/t20-,21+,22+,24+,26+,27+,28-/m0/s1. The molecule has 1 fully saturated rings. The summed E-state index contributed by atoms with van der Waals surface area (Å²) >= 11 is 0. The monoisotopic (exact) mass is 605 g/mol. The van der Waals surface area contributed by atoms with E-state index < -0.39 is 60.7 Å². The highest BCUT2D eigenvalue weighted by Gasteiger charge is 2.50. The fourth-order valence-corrected chi connectivity index (χ4v) is 6.09. The van der Waals surface area contributed by atoms with Crippen molar-refractivity contribution in [1.82, 2.24) is 19.5 Å². The van der Waals surface area contributed by atoms with Gasteiger partial charge in [0.05, 0.1) is 25.1 Å². The summed E-state index contributed by atoms with van der Waals surface area (Å²) in [6.45, 7) is 3.37. The van der Waals surface area contributed by atoms with Gasteiger partial charge in [-0.2, -0.15) is 0 Å². The third-order valence-electron chi connectivity index (χ3n) is 7.82. The predicted molar refractivity (Wildman–Crippen MR) is 153 cm³/mol. The first-order valence-corrected chi connectivity index (χ1v) is 14.1. The van der Waals surface area contributed by atoms with Crippen LogP contribution in [0.3, 0.4) is 0 Å². The van der Waals surface area contributed by atoms with Crippen molar-refractivity contribution >= 4 is 45.7 Å². The van der Waals surface area contributed by atoms with Crippen LogP contribution in [0.25, 0.3) is 21.9 Å². The molecule has 0 bridgehead atoms. The number of nitrogens with zero attached hydrogens (tertiary/aromatic N) is 4. The number of aromatic nitrogens is 4. The second kappa shape index (κ2) is 11.8. The van der Waals surface area contributed by atoms with Gasteiger partial charge in [-0.05, 0) is 16.3 Å². The number of hydrogen-bond acceptors (Lipinski definition) is 13. The fourth-order valence-electron chi connectivity index (χ4n) is 6.09. The third-order valence-corrected chi connectivity index (χ3v) is 7.82. The van der Waals surface area contributed by atoms with Crippen LogP contribution in [0.5, 0.6) is 0 Å². The number of anilines is 1. The maximum absolute atomic E-state index is 12.5. The molecule has 3 heterocycles. The average molecular weight is 606 g/mol. The van der Waals surface area contributed by atoms with Crippen LogP contribution in [-0.4, -0.2) is 78.7 Å². The quantitative estimate of drug-likeness (QED) is 0.206. The Hall–Kier alpha value is -4.66.